The van der Waals surface area contributed by atoms with Crippen LogP contribution in [0.2, 0.25) is 0 Å². The van der Waals surface area contributed by atoms with Crippen molar-refractivity contribution >= 4 is 23.3 Å². The van der Waals surface area contributed by atoms with E-state index in [1.54, 1.807) is 10.7 Å². The van der Waals surface area contributed by atoms with E-state index in [1.165, 1.54) is 5.69 Å². The summed E-state index contributed by atoms with van der Waals surface area (Å²) in [5.74, 6) is 1.32. The van der Waals surface area contributed by atoms with E-state index in [-0.39, 0.29) is 5.91 Å². The highest BCUT2D eigenvalue weighted by Crippen LogP contribution is 2.25. The molecule has 9 heteroatoms. The van der Waals surface area contributed by atoms with Gasteiger partial charge in [0.25, 0.3) is 5.78 Å². The van der Waals surface area contributed by atoms with Crippen molar-refractivity contribution in [1.82, 2.24) is 24.5 Å². The highest BCUT2D eigenvalue weighted by atomic mass is 16.5. The van der Waals surface area contributed by atoms with Crippen LogP contribution in [0.1, 0.15) is 13.8 Å². The summed E-state index contributed by atoms with van der Waals surface area (Å²) >= 11 is 0. The zero-order chi connectivity index (χ0) is 22.8. The lowest BCUT2D eigenvalue weighted by Crippen LogP contribution is -2.49. The zero-order valence-electron chi connectivity index (χ0n) is 19.1. The number of aromatic nitrogens is 4. The Balaban J connectivity index is 1.34. The molecule has 0 N–H and O–H groups in total. The lowest BCUT2D eigenvalue weighted by atomic mass is 10.1. The summed E-state index contributed by atoms with van der Waals surface area (Å²) in [6.45, 7) is 9.83. The SMILES string of the molecule is C/C=C(\C)C(=O)N1CCN(c2nc3nccc(-c4ccc(N5CCOCC5)cc4)n3n2)CC1. The summed E-state index contributed by atoms with van der Waals surface area (Å²) in [6.07, 6.45) is 3.63. The van der Waals surface area contributed by atoms with Gasteiger partial charge in [0, 0.05) is 62.3 Å². The number of ether oxygens (including phenoxy) is 1. The average Bonchev–Trinajstić information content (AvgIpc) is 3.33. The van der Waals surface area contributed by atoms with Gasteiger partial charge in [-0.2, -0.15) is 9.50 Å². The van der Waals surface area contributed by atoms with Crippen molar-refractivity contribution in [2.24, 2.45) is 0 Å². The molecule has 0 saturated carbocycles. The number of piperazine rings is 1. The fourth-order valence-corrected chi connectivity index (χ4v) is 4.28. The van der Waals surface area contributed by atoms with E-state index in [1.807, 2.05) is 30.9 Å². The zero-order valence-corrected chi connectivity index (χ0v) is 19.1. The maximum atomic E-state index is 12.4. The molecule has 3 aromatic rings. The summed E-state index contributed by atoms with van der Waals surface area (Å²) in [4.78, 5) is 27.9. The van der Waals surface area contributed by atoms with Crippen LogP contribution in [0.5, 0.6) is 0 Å². The normalized spacial score (nSPS) is 17.6. The van der Waals surface area contributed by atoms with Gasteiger partial charge in [0.1, 0.15) is 0 Å². The molecule has 4 heterocycles. The number of carbonyl (C=O) groups excluding carboxylic acids is 1. The summed E-state index contributed by atoms with van der Waals surface area (Å²) in [7, 11) is 0. The molecule has 2 aromatic heterocycles. The molecule has 1 amide bonds. The van der Waals surface area contributed by atoms with Crippen molar-refractivity contribution in [1.29, 1.82) is 0 Å². The Bertz CT molecular complexity index is 1160. The number of amides is 1. The fourth-order valence-electron chi connectivity index (χ4n) is 4.28. The predicted molar refractivity (Wildman–Crippen MR) is 127 cm³/mol. The molecule has 2 aliphatic heterocycles. The van der Waals surface area contributed by atoms with E-state index in [9.17, 15) is 4.79 Å². The largest absolute Gasteiger partial charge is 0.378 e. The number of hydrogen-bond acceptors (Lipinski definition) is 7. The number of anilines is 2. The average molecular weight is 448 g/mol. The van der Waals surface area contributed by atoms with Gasteiger partial charge in [0.2, 0.25) is 11.9 Å². The molecule has 2 fully saturated rings. The summed E-state index contributed by atoms with van der Waals surface area (Å²) in [5.41, 5.74) is 3.99. The van der Waals surface area contributed by atoms with Crippen molar-refractivity contribution in [3.05, 3.63) is 48.2 Å². The van der Waals surface area contributed by atoms with Gasteiger partial charge in [-0.3, -0.25) is 4.79 Å². The molecule has 0 bridgehead atoms. The first kappa shape index (κ1) is 21.4. The van der Waals surface area contributed by atoms with Crippen LogP contribution >= 0.6 is 0 Å². The van der Waals surface area contributed by atoms with E-state index in [0.29, 0.717) is 37.9 Å². The third kappa shape index (κ3) is 4.28. The van der Waals surface area contributed by atoms with Crippen LogP contribution in [-0.2, 0) is 9.53 Å². The molecule has 0 atom stereocenters. The summed E-state index contributed by atoms with van der Waals surface area (Å²) < 4.78 is 7.26. The third-order valence-corrected chi connectivity index (χ3v) is 6.39. The monoisotopic (exact) mass is 447 g/mol. The molecule has 0 radical (unpaired) electrons. The standard InChI is InChI=1S/C24H29N7O2/c1-3-18(2)22(32)29-10-12-30(13-11-29)24-26-23-25-9-8-21(31(23)27-24)19-4-6-20(7-5-19)28-14-16-33-17-15-28/h3-9H,10-17H2,1-2H3/b18-3+. The van der Waals surface area contributed by atoms with Gasteiger partial charge in [-0.05, 0) is 32.0 Å². The number of rotatable bonds is 4. The molecule has 0 unspecified atom stereocenters. The minimum absolute atomic E-state index is 0.101. The maximum Gasteiger partial charge on any atom is 0.254 e. The Morgan fingerprint density at radius 3 is 2.39 bits per heavy atom. The van der Waals surface area contributed by atoms with E-state index in [4.69, 9.17) is 9.84 Å². The first-order valence-electron chi connectivity index (χ1n) is 11.5. The van der Waals surface area contributed by atoms with E-state index in [2.05, 4.69) is 44.0 Å². The second-order valence-electron chi connectivity index (χ2n) is 8.35. The minimum Gasteiger partial charge on any atom is -0.378 e. The van der Waals surface area contributed by atoms with E-state index < -0.39 is 0 Å². The highest BCUT2D eigenvalue weighted by Gasteiger charge is 2.24. The summed E-state index contributed by atoms with van der Waals surface area (Å²) in [5, 5.41) is 4.77. The molecule has 9 nitrogen and oxygen atoms in total. The van der Waals surface area contributed by atoms with Gasteiger partial charge in [-0.1, -0.05) is 18.2 Å². The Morgan fingerprint density at radius 1 is 0.970 bits per heavy atom. The molecule has 172 valence electrons. The van der Waals surface area contributed by atoms with Crippen molar-refractivity contribution in [3.63, 3.8) is 0 Å². The van der Waals surface area contributed by atoms with Gasteiger partial charge in [-0.15, -0.1) is 5.10 Å². The quantitative estimate of drug-likeness (QED) is 0.568. The topological polar surface area (TPSA) is 79.1 Å². The van der Waals surface area contributed by atoms with Crippen LogP contribution in [0.25, 0.3) is 17.0 Å². The van der Waals surface area contributed by atoms with Gasteiger partial charge in [-0.25, -0.2) is 4.98 Å². The lowest BCUT2D eigenvalue weighted by molar-refractivity contribution is -0.127. The van der Waals surface area contributed by atoms with Crippen LogP contribution in [0, 0.1) is 0 Å². The Labute approximate surface area is 193 Å². The fraction of sp³-hybridized carbons (Fsp3) is 0.417. The molecule has 2 aliphatic rings. The second-order valence-corrected chi connectivity index (χ2v) is 8.35. The van der Waals surface area contributed by atoms with Crippen molar-refractivity contribution in [2.75, 3.05) is 62.3 Å². The second kappa shape index (κ2) is 9.19. The number of fused-ring (bicyclic) bond motifs is 1. The van der Waals surface area contributed by atoms with Crippen molar-refractivity contribution in [3.8, 4) is 11.3 Å². The number of nitrogens with zero attached hydrogens (tertiary/aromatic N) is 7. The predicted octanol–water partition coefficient (Wildman–Crippen LogP) is 2.24. The third-order valence-electron chi connectivity index (χ3n) is 6.39. The van der Waals surface area contributed by atoms with Crippen molar-refractivity contribution in [2.45, 2.75) is 13.8 Å². The van der Waals surface area contributed by atoms with Crippen LogP contribution in [0.15, 0.2) is 48.2 Å². The maximum absolute atomic E-state index is 12.4. The van der Waals surface area contributed by atoms with Gasteiger partial charge < -0.3 is 19.4 Å². The van der Waals surface area contributed by atoms with Crippen LogP contribution < -0.4 is 9.80 Å². The molecule has 33 heavy (non-hydrogen) atoms. The molecular formula is C24H29N7O2. The minimum atomic E-state index is 0.101. The highest BCUT2D eigenvalue weighted by molar-refractivity contribution is 5.92. The number of benzene rings is 1. The number of carbonyl (C=O) groups is 1. The van der Waals surface area contributed by atoms with E-state index >= 15 is 0 Å². The van der Waals surface area contributed by atoms with Crippen LogP contribution in [0.4, 0.5) is 11.6 Å². The number of morpholine rings is 1. The molecule has 0 aliphatic carbocycles. The molecule has 1 aromatic carbocycles. The first-order chi connectivity index (χ1) is 16.1. The van der Waals surface area contributed by atoms with Crippen molar-refractivity contribution < 1.29 is 9.53 Å². The van der Waals surface area contributed by atoms with Gasteiger partial charge in [0.05, 0.1) is 18.9 Å². The smallest absolute Gasteiger partial charge is 0.254 e. The van der Waals surface area contributed by atoms with E-state index in [0.717, 1.165) is 43.1 Å². The Morgan fingerprint density at radius 2 is 1.70 bits per heavy atom. The lowest BCUT2D eigenvalue weighted by Gasteiger charge is -2.34. The molecular weight excluding hydrogens is 418 g/mol. The van der Waals surface area contributed by atoms with Crippen LogP contribution in [-0.4, -0.2) is 82.9 Å². The molecule has 0 spiro atoms. The van der Waals surface area contributed by atoms with Gasteiger partial charge >= 0.3 is 0 Å². The first-order valence-corrected chi connectivity index (χ1v) is 11.5. The summed E-state index contributed by atoms with van der Waals surface area (Å²) in [6, 6.07) is 10.5. The number of hydrogen-bond donors (Lipinski definition) is 0. The molecule has 5 rings (SSSR count). The van der Waals surface area contributed by atoms with Crippen LogP contribution in [0.3, 0.4) is 0 Å². The molecule has 2 saturated heterocycles. The Hall–Kier alpha value is -3.46. The van der Waals surface area contributed by atoms with Gasteiger partial charge in [0.15, 0.2) is 0 Å². The number of allylic oxidation sites excluding steroid dienone is 1. The Kier molecular flexibility index (Phi) is 5.95.